The number of Topliss-reactive ketones (excluding diaryl/α,β-unsaturated/α-hetero) is 1. The summed E-state index contributed by atoms with van der Waals surface area (Å²) in [6, 6.07) is -4.07. The molecular formula is C27H38F3N5O6. The van der Waals surface area contributed by atoms with E-state index < -0.39 is 59.1 Å². The van der Waals surface area contributed by atoms with Gasteiger partial charge in [-0.15, -0.1) is 0 Å². The topological polar surface area (TPSA) is 136 Å². The predicted molar refractivity (Wildman–Crippen MR) is 138 cm³/mol. The molecule has 0 aromatic heterocycles. The Kier molecular flexibility index (Phi) is 7.93. The highest BCUT2D eigenvalue weighted by atomic mass is 19.4. The third kappa shape index (κ3) is 5.92. The second-order valence-electron chi connectivity index (χ2n) is 13.2. The average Bonchev–Trinajstić information content (AvgIpc) is 3.16. The molecule has 3 aliphatic heterocycles. The highest BCUT2D eigenvalue weighted by molar-refractivity contribution is 6.38. The van der Waals surface area contributed by atoms with Crippen LogP contribution in [-0.2, 0) is 28.8 Å². The van der Waals surface area contributed by atoms with Gasteiger partial charge >= 0.3 is 12.1 Å². The number of amides is 5. The van der Waals surface area contributed by atoms with E-state index in [0.717, 1.165) is 6.42 Å². The van der Waals surface area contributed by atoms with Crippen molar-refractivity contribution in [2.24, 2.45) is 22.7 Å². The van der Waals surface area contributed by atoms with Crippen LogP contribution in [0.25, 0.3) is 0 Å². The number of carbonyl (C=O) groups excluding carboxylic acids is 6. The molecule has 0 bridgehead atoms. The Hall–Kier alpha value is -3.19. The maximum atomic E-state index is 13.8. The SMILES string of the molecule is CC(C)(C)[C@H](NC(=O)C(F)(F)F)C(=O)N1C[C@H]2[C@@H]([C@H]1C(=O)N[C@@H](CN1CCCC1=O)C(=O)C(=O)N1CCC1)C2(C)C. The first-order chi connectivity index (χ1) is 18.9. The molecule has 1 saturated carbocycles. The number of piperidine rings is 1. The van der Waals surface area contributed by atoms with Crippen molar-refractivity contribution in [3.05, 3.63) is 0 Å². The van der Waals surface area contributed by atoms with Crippen molar-refractivity contribution in [2.75, 3.05) is 32.7 Å². The predicted octanol–water partition coefficient (Wildman–Crippen LogP) is 0.471. The molecule has 0 spiro atoms. The average molecular weight is 586 g/mol. The lowest BCUT2D eigenvalue weighted by Crippen LogP contribution is -2.62. The van der Waals surface area contributed by atoms with E-state index in [0.29, 0.717) is 26.1 Å². The lowest BCUT2D eigenvalue weighted by atomic mass is 9.85. The number of rotatable bonds is 8. The van der Waals surface area contributed by atoms with Crippen molar-refractivity contribution in [3.8, 4) is 0 Å². The van der Waals surface area contributed by atoms with Crippen molar-refractivity contribution in [3.63, 3.8) is 0 Å². The van der Waals surface area contributed by atoms with Crippen LogP contribution in [0.3, 0.4) is 0 Å². The first-order valence-corrected chi connectivity index (χ1v) is 13.9. The third-order valence-corrected chi connectivity index (χ3v) is 8.97. The number of ketones is 1. The number of carbonyl (C=O) groups is 6. The van der Waals surface area contributed by atoms with Crippen molar-refractivity contribution in [1.29, 1.82) is 0 Å². The number of halogens is 3. The number of hydrogen-bond acceptors (Lipinski definition) is 6. The van der Waals surface area contributed by atoms with E-state index in [2.05, 4.69) is 5.32 Å². The number of hydrogen-bond donors (Lipinski definition) is 2. The smallest absolute Gasteiger partial charge is 0.342 e. The molecule has 4 rings (SSSR count). The van der Waals surface area contributed by atoms with Crippen LogP contribution in [0.4, 0.5) is 13.2 Å². The van der Waals surface area contributed by atoms with Crippen molar-refractivity contribution in [2.45, 2.75) is 78.2 Å². The number of alkyl halides is 3. The highest BCUT2D eigenvalue weighted by Crippen LogP contribution is 2.65. The molecule has 228 valence electrons. The Morgan fingerprint density at radius 2 is 1.63 bits per heavy atom. The van der Waals surface area contributed by atoms with Crippen LogP contribution < -0.4 is 10.6 Å². The van der Waals surface area contributed by atoms with E-state index >= 15 is 0 Å². The Morgan fingerprint density at radius 3 is 2.12 bits per heavy atom. The molecule has 3 heterocycles. The first kappa shape index (κ1) is 30.8. The molecule has 4 aliphatic rings. The summed E-state index contributed by atoms with van der Waals surface area (Å²) < 4.78 is 39.3. The highest BCUT2D eigenvalue weighted by Gasteiger charge is 2.70. The molecule has 1 aliphatic carbocycles. The van der Waals surface area contributed by atoms with Gasteiger partial charge in [0.15, 0.2) is 0 Å². The summed E-state index contributed by atoms with van der Waals surface area (Å²) in [5.41, 5.74) is -1.48. The fourth-order valence-corrected chi connectivity index (χ4v) is 6.23. The fourth-order valence-electron chi connectivity index (χ4n) is 6.23. The zero-order chi connectivity index (χ0) is 30.7. The van der Waals surface area contributed by atoms with Crippen molar-refractivity contribution in [1.82, 2.24) is 25.3 Å². The quantitative estimate of drug-likeness (QED) is 0.398. The molecule has 0 unspecified atom stereocenters. The molecular weight excluding hydrogens is 547 g/mol. The minimum atomic E-state index is -5.21. The van der Waals surface area contributed by atoms with Gasteiger partial charge in [-0.1, -0.05) is 34.6 Å². The zero-order valence-corrected chi connectivity index (χ0v) is 24.0. The van der Waals surface area contributed by atoms with Gasteiger partial charge in [-0.25, -0.2) is 0 Å². The number of fused-ring (bicyclic) bond motifs is 1. The normalized spacial score (nSPS) is 26.6. The molecule has 3 saturated heterocycles. The minimum Gasteiger partial charge on any atom is -0.342 e. The van der Waals surface area contributed by atoms with Gasteiger partial charge in [0, 0.05) is 39.1 Å². The van der Waals surface area contributed by atoms with Crippen molar-refractivity contribution < 1.29 is 41.9 Å². The van der Waals surface area contributed by atoms with Gasteiger partial charge in [-0.05, 0) is 35.5 Å². The Labute approximate surface area is 236 Å². The van der Waals surface area contributed by atoms with Crippen LogP contribution in [0, 0.1) is 22.7 Å². The van der Waals surface area contributed by atoms with Gasteiger partial charge in [0.2, 0.25) is 23.5 Å². The standard InChI is InChI=1S/C27H38F3N5O6/c1-25(2,3)20(32-24(41)27(28,29)30)23(40)35-12-14-17(26(14,4)5)18(35)21(38)31-15(13-34-9-6-8-16(34)36)19(37)22(39)33-10-7-11-33/h14-15,17-18,20H,6-13H2,1-5H3,(H,31,38)(H,32,41)/t14-,15-,17-,18-,20+/m0/s1. The van der Waals surface area contributed by atoms with Crippen LogP contribution in [0.1, 0.15) is 53.9 Å². The summed E-state index contributed by atoms with van der Waals surface area (Å²) >= 11 is 0. The van der Waals surface area contributed by atoms with Gasteiger partial charge in [-0.3, -0.25) is 28.8 Å². The Morgan fingerprint density at radius 1 is 1.00 bits per heavy atom. The largest absolute Gasteiger partial charge is 0.471 e. The maximum Gasteiger partial charge on any atom is 0.471 e. The lowest BCUT2D eigenvalue weighted by Gasteiger charge is -2.38. The molecule has 0 radical (unpaired) electrons. The van der Waals surface area contributed by atoms with Gasteiger partial charge in [0.05, 0.1) is 0 Å². The van der Waals surface area contributed by atoms with E-state index in [1.807, 2.05) is 13.8 Å². The minimum absolute atomic E-state index is 0.0823. The number of nitrogens with one attached hydrogen (secondary N) is 2. The molecule has 5 amide bonds. The van der Waals surface area contributed by atoms with Crippen molar-refractivity contribution >= 4 is 35.3 Å². The number of nitrogens with zero attached hydrogens (tertiary/aromatic N) is 3. The Bertz CT molecular complexity index is 1150. The van der Waals surface area contributed by atoms with Crippen LogP contribution in [0.5, 0.6) is 0 Å². The first-order valence-electron chi connectivity index (χ1n) is 13.9. The monoisotopic (exact) mass is 585 g/mol. The van der Waals surface area contributed by atoms with Crippen LogP contribution >= 0.6 is 0 Å². The zero-order valence-electron chi connectivity index (χ0n) is 24.0. The molecule has 14 heteroatoms. The summed E-state index contributed by atoms with van der Waals surface area (Å²) in [6.07, 6.45) is -3.60. The summed E-state index contributed by atoms with van der Waals surface area (Å²) in [7, 11) is 0. The van der Waals surface area contributed by atoms with Gasteiger partial charge < -0.3 is 25.3 Å². The molecule has 0 aromatic rings. The second-order valence-corrected chi connectivity index (χ2v) is 13.2. The third-order valence-electron chi connectivity index (χ3n) is 8.97. The molecule has 41 heavy (non-hydrogen) atoms. The summed E-state index contributed by atoms with van der Waals surface area (Å²) in [6.45, 7) is 9.41. The van der Waals surface area contributed by atoms with Gasteiger partial charge in [0.1, 0.15) is 18.1 Å². The molecule has 2 N–H and O–H groups in total. The van der Waals surface area contributed by atoms with Gasteiger partial charge in [-0.2, -0.15) is 13.2 Å². The van der Waals surface area contributed by atoms with E-state index in [4.69, 9.17) is 0 Å². The van der Waals surface area contributed by atoms with Crippen LogP contribution in [-0.4, -0.2) is 107 Å². The molecule has 0 aromatic carbocycles. The van der Waals surface area contributed by atoms with E-state index in [1.165, 1.54) is 35.5 Å². The number of likely N-dealkylation sites (tertiary alicyclic amines) is 3. The molecule has 5 atom stereocenters. The lowest BCUT2D eigenvalue weighted by molar-refractivity contribution is -0.176. The van der Waals surface area contributed by atoms with Crippen LogP contribution in [0.15, 0.2) is 0 Å². The van der Waals surface area contributed by atoms with E-state index in [9.17, 15) is 41.9 Å². The van der Waals surface area contributed by atoms with E-state index in [-0.39, 0.29) is 42.7 Å². The Balaban J connectivity index is 1.59. The van der Waals surface area contributed by atoms with E-state index in [1.54, 1.807) is 5.32 Å². The summed E-state index contributed by atoms with van der Waals surface area (Å²) in [5, 5.41) is 4.42. The van der Waals surface area contributed by atoms with Crippen LogP contribution in [0.2, 0.25) is 0 Å². The summed E-state index contributed by atoms with van der Waals surface area (Å²) in [4.78, 5) is 81.6. The molecule has 11 nitrogen and oxygen atoms in total. The van der Waals surface area contributed by atoms with Gasteiger partial charge in [0.25, 0.3) is 5.91 Å². The maximum absolute atomic E-state index is 13.8. The molecule has 4 fully saturated rings. The summed E-state index contributed by atoms with van der Waals surface area (Å²) in [5.74, 6) is -6.14. The second kappa shape index (κ2) is 10.6. The fraction of sp³-hybridized carbons (Fsp3) is 0.778.